The molecule has 0 saturated carbocycles. The predicted octanol–water partition coefficient (Wildman–Crippen LogP) is 2.56. The first-order valence-corrected chi connectivity index (χ1v) is 7.97. The van der Waals surface area contributed by atoms with Crippen LogP contribution >= 0.6 is 0 Å². The Morgan fingerprint density at radius 1 is 1.26 bits per heavy atom. The maximum absolute atomic E-state index is 4.25. The molecule has 2 heterocycles. The van der Waals surface area contributed by atoms with Gasteiger partial charge >= 0.3 is 0 Å². The fourth-order valence-corrected chi connectivity index (χ4v) is 3.03. The lowest BCUT2D eigenvalue weighted by atomic mass is 10.1. The Labute approximate surface area is 137 Å². The fourth-order valence-electron chi connectivity index (χ4n) is 3.03. The fraction of sp³-hybridized carbons (Fsp3) is 0.333. The number of aromatic nitrogens is 3. The van der Waals surface area contributed by atoms with Crippen LogP contribution in [0.1, 0.15) is 18.4 Å². The van der Waals surface area contributed by atoms with Gasteiger partial charge < -0.3 is 10.2 Å². The molecule has 1 unspecified atom stereocenters. The Morgan fingerprint density at radius 2 is 2.09 bits per heavy atom. The molecule has 5 nitrogen and oxygen atoms in total. The lowest BCUT2D eigenvalue weighted by molar-refractivity contribution is 0.322. The van der Waals surface area contributed by atoms with Crippen molar-refractivity contribution in [1.29, 1.82) is 0 Å². The van der Waals surface area contributed by atoms with Gasteiger partial charge in [0.25, 0.3) is 0 Å². The Hall–Kier alpha value is -2.56. The van der Waals surface area contributed by atoms with Gasteiger partial charge in [-0.1, -0.05) is 43.5 Å². The van der Waals surface area contributed by atoms with E-state index in [9.17, 15) is 0 Å². The van der Waals surface area contributed by atoms with Crippen LogP contribution in [0.5, 0.6) is 0 Å². The number of hydrogen-bond donors (Lipinski definition) is 1. The minimum Gasteiger partial charge on any atom is -0.383 e. The molecule has 1 atom stereocenters. The van der Waals surface area contributed by atoms with Crippen LogP contribution in [0.4, 0.5) is 0 Å². The van der Waals surface area contributed by atoms with Crippen molar-refractivity contribution in [3.05, 3.63) is 73.1 Å². The standard InChI is InChI=1S/C18H23N5/c1-15(12-22-14-19-13-21-22)23-10-6-9-18(23)16(2)20-11-17-7-4-3-5-8-17/h3-5,7-8,13-14,18,20H,1-2,6,9-12H2. The van der Waals surface area contributed by atoms with Crippen molar-refractivity contribution < 1.29 is 0 Å². The molecule has 0 aliphatic carbocycles. The largest absolute Gasteiger partial charge is 0.383 e. The normalized spacial score (nSPS) is 17.2. The van der Waals surface area contributed by atoms with Gasteiger partial charge in [0.1, 0.15) is 12.7 Å². The molecule has 0 spiro atoms. The van der Waals surface area contributed by atoms with Crippen LogP contribution in [0.2, 0.25) is 0 Å². The van der Waals surface area contributed by atoms with Crippen LogP contribution in [0.15, 0.2) is 67.5 Å². The molecule has 1 aromatic carbocycles. The highest BCUT2D eigenvalue weighted by Crippen LogP contribution is 2.26. The highest BCUT2D eigenvalue weighted by molar-refractivity contribution is 5.18. The second-order valence-corrected chi connectivity index (χ2v) is 5.88. The van der Waals surface area contributed by atoms with Crippen molar-refractivity contribution in [3.63, 3.8) is 0 Å². The Balaban J connectivity index is 1.57. The highest BCUT2D eigenvalue weighted by atomic mass is 15.3. The van der Waals surface area contributed by atoms with E-state index in [-0.39, 0.29) is 0 Å². The molecule has 5 heteroatoms. The van der Waals surface area contributed by atoms with Crippen LogP contribution in [-0.2, 0) is 13.1 Å². The molecule has 23 heavy (non-hydrogen) atoms. The molecular weight excluding hydrogens is 286 g/mol. The summed E-state index contributed by atoms with van der Waals surface area (Å²) in [5, 5.41) is 7.63. The molecule has 1 N–H and O–H groups in total. The molecule has 0 amide bonds. The van der Waals surface area contributed by atoms with Gasteiger partial charge in [-0.25, -0.2) is 9.67 Å². The quantitative estimate of drug-likeness (QED) is 0.854. The minimum atomic E-state index is 0.301. The number of benzene rings is 1. The molecule has 1 aromatic heterocycles. The summed E-state index contributed by atoms with van der Waals surface area (Å²) in [7, 11) is 0. The van der Waals surface area contributed by atoms with Crippen molar-refractivity contribution in [2.75, 3.05) is 6.54 Å². The first-order chi connectivity index (χ1) is 11.2. The third-order valence-corrected chi connectivity index (χ3v) is 4.23. The van der Waals surface area contributed by atoms with Gasteiger partial charge in [0, 0.05) is 24.5 Å². The molecule has 1 saturated heterocycles. The first-order valence-electron chi connectivity index (χ1n) is 7.97. The van der Waals surface area contributed by atoms with E-state index in [0.717, 1.165) is 37.3 Å². The van der Waals surface area contributed by atoms with E-state index in [0.29, 0.717) is 12.6 Å². The van der Waals surface area contributed by atoms with Crippen LogP contribution in [0.3, 0.4) is 0 Å². The zero-order chi connectivity index (χ0) is 16.1. The number of nitrogens with one attached hydrogen (secondary N) is 1. The summed E-state index contributed by atoms with van der Waals surface area (Å²) in [6, 6.07) is 10.7. The number of nitrogens with zero attached hydrogens (tertiary/aromatic N) is 4. The van der Waals surface area contributed by atoms with E-state index in [2.05, 4.69) is 57.7 Å². The van der Waals surface area contributed by atoms with Crippen molar-refractivity contribution in [3.8, 4) is 0 Å². The van der Waals surface area contributed by atoms with Gasteiger partial charge in [0.15, 0.2) is 0 Å². The summed E-state index contributed by atoms with van der Waals surface area (Å²) in [5.41, 5.74) is 3.38. The maximum atomic E-state index is 4.25. The lowest BCUT2D eigenvalue weighted by Crippen LogP contribution is -2.35. The second-order valence-electron chi connectivity index (χ2n) is 5.88. The summed E-state index contributed by atoms with van der Waals surface area (Å²) < 4.78 is 1.80. The van der Waals surface area contributed by atoms with Gasteiger partial charge in [-0.05, 0) is 18.4 Å². The number of hydrogen-bond acceptors (Lipinski definition) is 4. The second kappa shape index (κ2) is 7.13. The zero-order valence-corrected chi connectivity index (χ0v) is 13.4. The summed E-state index contributed by atoms with van der Waals surface area (Å²) >= 11 is 0. The van der Waals surface area contributed by atoms with Gasteiger partial charge in [-0.3, -0.25) is 0 Å². The monoisotopic (exact) mass is 309 g/mol. The highest BCUT2D eigenvalue weighted by Gasteiger charge is 2.27. The Kier molecular flexibility index (Phi) is 4.76. The Morgan fingerprint density at radius 3 is 2.83 bits per heavy atom. The van der Waals surface area contributed by atoms with E-state index in [4.69, 9.17) is 0 Å². The number of rotatable bonds is 7. The first kappa shape index (κ1) is 15.3. The van der Waals surface area contributed by atoms with Crippen LogP contribution < -0.4 is 5.32 Å². The van der Waals surface area contributed by atoms with Crippen molar-refractivity contribution >= 4 is 0 Å². The zero-order valence-electron chi connectivity index (χ0n) is 13.4. The smallest absolute Gasteiger partial charge is 0.137 e. The molecule has 120 valence electrons. The lowest BCUT2D eigenvalue weighted by Gasteiger charge is -2.30. The topological polar surface area (TPSA) is 46.0 Å². The number of likely N-dealkylation sites (tertiary alicyclic amines) is 1. The number of allylic oxidation sites excluding steroid dienone is 1. The average molecular weight is 309 g/mol. The molecule has 0 bridgehead atoms. The summed E-state index contributed by atoms with van der Waals surface area (Å²) in [6.45, 7) is 11.0. The predicted molar refractivity (Wildman–Crippen MR) is 91.3 cm³/mol. The van der Waals surface area contributed by atoms with E-state index in [1.54, 1.807) is 17.3 Å². The van der Waals surface area contributed by atoms with E-state index in [1.807, 2.05) is 6.07 Å². The van der Waals surface area contributed by atoms with Gasteiger partial charge in [0.05, 0.1) is 12.6 Å². The summed E-state index contributed by atoms with van der Waals surface area (Å²) in [4.78, 5) is 6.32. The van der Waals surface area contributed by atoms with Crippen molar-refractivity contribution in [2.24, 2.45) is 0 Å². The van der Waals surface area contributed by atoms with Crippen molar-refractivity contribution in [1.82, 2.24) is 25.0 Å². The third-order valence-electron chi connectivity index (χ3n) is 4.23. The molecule has 3 rings (SSSR count). The van der Waals surface area contributed by atoms with Gasteiger partial charge in [0.2, 0.25) is 0 Å². The van der Waals surface area contributed by atoms with E-state index >= 15 is 0 Å². The maximum Gasteiger partial charge on any atom is 0.137 e. The molecule has 0 radical (unpaired) electrons. The molecule has 1 aliphatic heterocycles. The van der Waals surface area contributed by atoms with Gasteiger partial charge in [-0.15, -0.1) is 0 Å². The third kappa shape index (κ3) is 3.80. The molecule has 1 fully saturated rings. The van der Waals surface area contributed by atoms with Crippen molar-refractivity contribution in [2.45, 2.75) is 32.0 Å². The van der Waals surface area contributed by atoms with Crippen LogP contribution in [0, 0.1) is 0 Å². The molecule has 1 aliphatic rings. The van der Waals surface area contributed by atoms with E-state index in [1.165, 1.54) is 5.56 Å². The minimum absolute atomic E-state index is 0.301. The molecular formula is C18H23N5. The van der Waals surface area contributed by atoms with Crippen LogP contribution in [0.25, 0.3) is 0 Å². The summed E-state index contributed by atoms with van der Waals surface area (Å²) in [5.74, 6) is 0. The van der Waals surface area contributed by atoms with Crippen LogP contribution in [-0.4, -0.2) is 32.3 Å². The summed E-state index contributed by atoms with van der Waals surface area (Å²) in [6.07, 6.45) is 5.54. The molecule has 2 aromatic rings. The average Bonchev–Trinajstić information content (AvgIpc) is 3.24. The SMILES string of the molecule is C=C(NCc1ccccc1)C1CCCN1C(=C)Cn1cncn1. The Bertz CT molecular complexity index is 647. The van der Waals surface area contributed by atoms with E-state index < -0.39 is 0 Å². The van der Waals surface area contributed by atoms with Gasteiger partial charge in [-0.2, -0.15) is 5.10 Å².